The normalized spacial score (nSPS) is 23.2. The quantitative estimate of drug-likeness (QED) is 0.649. The van der Waals surface area contributed by atoms with Crippen molar-refractivity contribution >= 4 is 11.8 Å². The molecule has 0 saturated carbocycles. The van der Waals surface area contributed by atoms with E-state index in [1.54, 1.807) is 0 Å². The Labute approximate surface area is 145 Å². The Bertz CT molecular complexity index is 411. The van der Waals surface area contributed by atoms with Crippen LogP contribution in [-0.2, 0) is 14.3 Å². The van der Waals surface area contributed by atoms with E-state index in [-0.39, 0.29) is 17.9 Å². The molecule has 138 valence electrons. The summed E-state index contributed by atoms with van der Waals surface area (Å²) in [5.74, 6) is 0.172. The minimum absolute atomic E-state index is 0.0162. The van der Waals surface area contributed by atoms with Crippen LogP contribution >= 0.6 is 0 Å². The third-order valence-corrected chi connectivity index (χ3v) is 4.76. The van der Waals surface area contributed by atoms with Gasteiger partial charge in [0.05, 0.1) is 13.2 Å². The number of nitrogens with one attached hydrogen (secondary N) is 1. The number of carbonyl (C=O) groups is 2. The van der Waals surface area contributed by atoms with E-state index in [4.69, 9.17) is 4.74 Å². The minimum Gasteiger partial charge on any atom is -0.380 e. The molecule has 0 aromatic carbocycles. The summed E-state index contributed by atoms with van der Waals surface area (Å²) in [4.78, 5) is 30.3. The zero-order valence-electron chi connectivity index (χ0n) is 15.1. The second-order valence-electron chi connectivity index (χ2n) is 6.69. The minimum atomic E-state index is -0.0162. The largest absolute Gasteiger partial charge is 0.380 e. The highest BCUT2D eigenvalue weighted by Gasteiger charge is 2.26. The average molecular weight is 340 g/mol. The summed E-state index contributed by atoms with van der Waals surface area (Å²) in [6.07, 6.45) is 1.92. The molecule has 1 atom stereocenters. The molecule has 0 bridgehead atoms. The monoisotopic (exact) mass is 340 g/mol. The molecule has 2 heterocycles. The number of amides is 2. The number of likely N-dealkylation sites (tertiary alicyclic amines) is 1. The molecule has 0 aromatic rings. The summed E-state index contributed by atoms with van der Waals surface area (Å²) in [5.41, 5.74) is 0. The first-order chi connectivity index (χ1) is 11.6. The lowest BCUT2D eigenvalue weighted by Gasteiger charge is -2.37. The Balaban J connectivity index is 1.68. The van der Waals surface area contributed by atoms with Gasteiger partial charge in [-0.1, -0.05) is 0 Å². The molecule has 24 heavy (non-hydrogen) atoms. The lowest BCUT2D eigenvalue weighted by molar-refractivity contribution is -0.135. The van der Waals surface area contributed by atoms with Crippen LogP contribution in [0.1, 0.15) is 26.7 Å². The van der Waals surface area contributed by atoms with E-state index in [1.165, 1.54) is 6.92 Å². The van der Waals surface area contributed by atoms with Crippen molar-refractivity contribution < 1.29 is 14.3 Å². The van der Waals surface area contributed by atoms with E-state index in [0.29, 0.717) is 13.1 Å². The van der Waals surface area contributed by atoms with Crippen LogP contribution in [-0.4, -0.2) is 98.1 Å². The fourth-order valence-corrected chi connectivity index (χ4v) is 3.41. The summed E-state index contributed by atoms with van der Waals surface area (Å²) in [7, 11) is 0. The van der Waals surface area contributed by atoms with Gasteiger partial charge in [-0.3, -0.25) is 19.4 Å². The summed E-state index contributed by atoms with van der Waals surface area (Å²) in [6.45, 7) is 11.9. The van der Waals surface area contributed by atoms with Crippen molar-refractivity contribution in [3.05, 3.63) is 0 Å². The van der Waals surface area contributed by atoms with Gasteiger partial charge < -0.3 is 15.0 Å². The standard InChI is InChI=1S/C17H32N4O3/c1-3-24-12-11-19-7-9-20(10-8-19)14-17(23)21-6-4-5-16(13-21)18-15(2)22/h16H,3-14H2,1-2H3,(H,18,22)/t16-/m0/s1. The number of hydrogen-bond acceptors (Lipinski definition) is 5. The van der Waals surface area contributed by atoms with Crippen molar-refractivity contribution in [3.8, 4) is 0 Å². The van der Waals surface area contributed by atoms with Gasteiger partial charge in [-0.25, -0.2) is 0 Å². The van der Waals surface area contributed by atoms with Gasteiger partial charge in [0.15, 0.2) is 0 Å². The highest BCUT2D eigenvalue weighted by Crippen LogP contribution is 2.11. The summed E-state index contributed by atoms with van der Waals surface area (Å²) < 4.78 is 5.40. The second-order valence-corrected chi connectivity index (χ2v) is 6.69. The van der Waals surface area contributed by atoms with Crippen LogP contribution in [0.4, 0.5) is 0 Å². The molecule has 2 saturated heterocycles. The summed E-state index contributed by atoms with van der Waals surface area (Å²) in [5, 5.41) is 2.94. The van der Waals surface area contributed by atoms with Crippen molar-refractivity contribution in [3.63, 3.8) is 0 Å². The van der Waals surface area contributed by atoms with Gasteiger partial charge in [0.25, 0.3) is 0 Å². The topological polar surface area (TPSA) is 65.1 Å². The Morgan fingerprint density at radius 1 is 1.12 bits per heavy atom. The first-order valence-electron chi connectivity index (χ1n) is 9.15. The van der Waals surface area contributed by atoms with Crippen LogP contribution in [0.25, 0.3) is 0 Å². The third-order valence-electron chi connectivity index (χ3n) is 4.76. The first-order valence-corrected chi connectivity index (χ1v) is 9.15. The van der Waals surface area contributed by atoms with Gasteiger partial charge in [0, 0.05) is 65.4 Å². The number of carbonyl (C=O) groups excluding carboxylic acids is 2. The van der Waals surface area contributed by atoms with Gasteiger partial charge in [0.1, 0.15) is 0 Å². The predicted molar refractivity (Wildman–Crippen MR) is 92.8 cm³/mol. The van der Waals surface area contributed by atoms with Crippen molar-refractivity contribution in [2.45, 2.75) is 32.7 Å². The zero-order chi connectivity index (χ0) is 17.4. The fraction of sp³-hybridized carbons (Fsp3) is 0.882. The van der Waals surface area contributed by atoms with Crippen molar-refractivity contribution in [1.29, 1.82) is 0 Å². The molecule has 2 aliphatic rings. The summed E-state index contributed by atoms with van der Waals surface area (Å²) >= 11 is 0. The fourth-order valence-electron chi connectivity index (χ4n) is 3.41. The molecule has 7 heteroatoms. The van der Waals surface area contributed by atoms with E-state index in [2.05, 4.69) is 15.1 Å². The molecule has 0 aliphatic carbocycles. The Morgan fingerprint density at radius 3 is 2.50 bits per heavy atom. The SMILES string of the molecule is CCOCCN1CCN(CC(=O)N2CCC[C@H](NC(C)=O)C2)CC1. The molecule has 2 rings (SSSR count). The number of hydrogen-bond donors (Lipinski definition) is 1. The maximum absolute atomic E-state index is 12.5. The molecule has 0 spiro atoms. The number of piperidine rings is 1. The van der Waals surface area contributed by atoms with E-state index in [0.717, 1.165) is 65.3 Å². The molecule has 1 N–H and O–H groups in total. The Kier molecular flexibility index (Phi) is 7.94. The van der Waals surface area contributed by atoms with Gasteiger partial charge in [0.2, 0.25) is 11.8 Å². The maximum atomic E-state index is 12.5. The lowest BCUT2D eigenvalue weighted by Crippen LogP contribution is -2.54. The smallest absolute Gasteiger partial charge is 0.236 e. The van der Waals surface area contributed by atoms with Gasteiger partial charge in [-0.2, -0.15) is 0 Å². The summed E-state index contributed by atoms with van der Waals surface area (Å²) in [6, 6.07) is 0.107. The van der Waals surface area contributed by atoms with Gasteiger partial charge >= 0.3 is 0 Å². The van der Waals surface area contributed by atoms with E-state index < -0.39 is 0 Å². The first kappa shape index (κ1) is 19.1. The molecule has 2 amide bonds. The lowest BCUT2D eigenvalue weighted by atomic mass is 10.1. The Hall–Kier alpha value is -1.18. The van der Waals surface area contributed by atoms with Crippen LogP contribution in [0, 0.1) is 0 Å². The van der Waals surface area contributed by atoms with Gasteiger partial charge in [-0.05, 0) is 19.8 Å². The molecule has 0 radical (unpaired) electrons. The predicted octanol–water partition coefficient (Wildman–Crippen LogP) is -0.232. The highest BCUT2D eigenvalue weighted by atomic mass is 16.5. The van der Waals surface area contributed by atoms with Crippen LogP contribution in [0.5, 0.6) is 0 Å². The number of piperazine rings is 1. The van der Waals surface area contributed by atoms with Crippen molar-refractivity contribution in [1.82, 2.24) is 20.0 Å². The Morgan fingerprint density at radius 2 is 1.83 bits per heavy atom. The van der Waals surface area contributed by atoms with E-state index in [9.17, 15) is 9.59 Å². The van der Waals surface area contributed by atoms with E-state index >= 15 is 0 Å². The average Bonchev–Trinajstić information content (AvgIpc) is 2.56. The third kappa shape index (κ3) is 6.37. The van der Waals surface area contributed by atoms with Crippen LogP contribution in [0.3, 0.4) is 0 Å². The van der Waals surface area contributed by atoms with E-state index in [1.807, 2.05) is 11.8 Å². The molecular weight excluding hydrogens is 308 g/mol. The van der Waals surface area contributed by atoms with Crippen molar-refractivity contribution in [2.75, 3.05) is 65.6 Å². The van der Waals surface area contributed by atoms with Crippen LogP contribution in [0.15, 0.2) is 0 Å². The maximum Gasteiger partial charge on any atom is 0.236 e. The molecule has 2 fully saturated rings. The van der Waals surface area contributed by atoms with Crippen LogP contribution < -0.4 is 5.32 Å². The second kappa shape index (κ2) is 9.96. The van der Waals surface area contributed by atoms with Crippen LogP contribution in [0.2, 0.25) is 0 Å². The number of rotatable bonds is 7. The van der Waals surface area contributed by atoms with Crippen molar-refractivity contribution in [2.24, 2.45) is 0 Å². The van der Waals surface area contributed by atoms with Gasteiger partial charge in [-0.15, -0.1) is 0 Å². The molecule has 2 aliphatic heterocycles. The molecule has 0 unspecified atom stereocenters. The number of ether oxygens (including phenoxy) is 1. The molecule has 0 aromatic heterocycles. The molecular formula is C17H32N4O3. The highest BCUT2D eigenvalue weighted by molar-refractivity contribution is 5.78. The number of nitrogens with zero attached hydrogens (tertiary/aromatic N) is 3. The zero-order valence-corrected chi connectivity index (χ0v) is 15.1. The molecule has 7 nitrogen and oxygen atoms in total.